The third kappa shape index (κ3) is 4.11. The van der Waals surface area contributed by atoms with Crippen LogP contribution in [0, 0.1) is 12.8 Å². The van der Waals surface area contributed by atoms with Crippen LogP contribution in [0.1, 0.15) is 35.2 Å². The van der Waals surface area contributed by atoms with Gasteiger partial charge in [0, 0.05) is 23.7 Å². The highest BCUT2D eigenvalue weighted by Crippen LogP contribution is 2.22. The van der Waals surface area contributed by atoms with E-state index in [4.69, 9.17) is 17.3 Å². The van der Waals surface area contributed by atoms with Gasteiger partial charge in [-0.2, -0.15) is 0 Å². The van der Waals surface area contributed by atoms with Crippen molar-refractivity contribution in [1.82, 2.24) is 4.90 Å². The van der Waals surface area contributed by atoms with Crippen LogP contribution in [0.3, 0.4) is 0 Å². The number of likely N-dealkylation sites (tertiary alicyclic amines) is 1. The smallest absolute Gasteiger partial charge is 0.253 e. The number of halogens is 2. The van der Waals surface area contributed by atoms with Gasteiger partial charge in [-0.1, -0.05) is 17.7 Å². The van der Waals surface area contributed by atoms with E-state index in [1.165, 1.54) is 6.42 Å². The van der Waals surface area contributed by atoms with Crippen molar-refractivity contribution in [3.8, 4) is 0 Å². The van der Waals surface area contributed by atoms with Crippen LogP contribution < -0.4 is 5.73 Å². The zero-order chi connectivity index (χ0) is 13.8. The highest BCUT2D eigenvalue weighted by Gasteiger charge is 2.24. The second kappa shape index (κ2) is 7.87. The monoisotopic (exact) mass is 316 g/mol. The summed E-state index contributed by atoms with van der Waals surface area (Å²) in [4.78, 5) is 14.4. The van der Waals surface area contributed by atoms with Gasteiger partial charge in [0.25, 0.3) is 5.91 Å². The number of piperidine rings is 1. The lowest BCUT2D eigenvalue weighted by Gasteiger charge is -2.32. The molecule has 0 saturated carbocycles. The van der Waals surface area contributed by atoms with Crippen molar-refractivity contribution in [2.75, 3.05) is 19.6 Å². The second-order valence-corrected chi connectivity index (χ2v) is 5.71. The van der Waals surface area contributed by atoms with Gasteiger partial charge in [0.15, 0.2) is 0 Å². The largest absolute Gasteiger partial charge is 0.338 e. The van der Waals surface area contributed by atoms with E-state index < -0.39 is 0 Å². The summed E-state index contributed by atoms with van der Waals surface area (Å²) in [7, 11) is 0. The summed E-state index contributed by atoms with van der Waals surface area (Å²) in [5.41, 5.74) is 7.29. The Balaban J connectivity index is 0.00000200. The number of carbonyl (C=O) groups is 1. The van der Waals surface area contributed by atoms with Gasteiger partial charge in [-0.3, -0.25) is 4.79 Å². The standard InChI is InChI=1S/C15H21ClN2O.ClH/c1-11-4-5-13(9-14(11)16)15(19)18-8-2-3-12(10-18)6-7-17;/h4-5,9,12H,2-3,6-8,10,17H2,1H3;1H. The first-order chi connectivity index (χ1) is 9.11. The van der Waals surface area contributed by atoms with E-state index in [-0.39, 0.29) is 18.3 Å². The summed E-state index contributed by atoms with van der Waals surface area (Å²) >= 11 is 6.09. The topological polar surface area (TPSA) is 46.3 Å². The van der Waals surface area contributed by atoms with Crippen LogP contribution in [-0.4, -0.2) is 30.4 Å². The van der Waals surface area contributed by atoms with Crippen LogP contribution in [0.15, 0.2) is 18.2 Å². The Hall–Kier alpha value is -0.770. The lowest BCUT2D eigenvalue weighted by molar-refractivity contribution is 0.0669. The van der Waals surface area contributed by atoms with Crippen molar-refractivity contribution in [2.45, 2.75) is 26.2 Å². The highest BCUT2D eigenvalue weighted by molar-refractivity contribution is 6.31. The van der Waals surface area contributed by atoms with Gasteiger partial charge in [0.1, 0.15) is 0 Å². The van der Waals surface area contributed by atoms with E-state index in [1.807, 2.05) is 24.0 Å². The normalized spacial score (nSPS) is 18.6. The van der Waals surface area contributed by atoms with E-state index in [9.17, 15) is 4.79 Å². The minimum absolute atomic E-state index is 0. The minimum Gasteiger partial charge on any atom is -0.338 e. The number of aryl methyl sites for hydroxylation is 1. The summed E-state index contributed by atoms with van der Waals surface area (Å²) in [6.45, 7) is 4.30. The van der Waals surface area contributed by atoms with Crippen molar-refractivity contribution in [2.24, 2.45) is 11.7 Å². The molecule has 0 aliphatic carbocycles. The van der Waals surface area contributed by atoms with Crippen LogP contribution in [-0.2, 0) is 0 Å². The summed E-state index contributed by atoms with van der Waals surface area (Å²) in [6.07, 6.45) is 3.24. The molecular weight excluding hydrogens is 295 g/mol. The third-order valence-corrected chi connectivity index (χ3v) is 4.21. The van der Waals surface area contributed by atoms with E-state index in [0.717, 1.165) is 31.5 Å². The van der Waals surface area contributed by atoms with E-state index in [0.29, 0.717) is 23.0 Å². The zero-order valence-electron chi connectivity index (χ0n) is 11.8. The third-order valence-electron chi connectivity index (χ3n) is 3.80. The van der Waals surface area contributed by atoms with Crippen LogP contribution in [0.25, 0.3) is 0 Å². The molecule has 1 aromatic rings. The van der Waals surface area contributed by atoms with Crippen LogP contribution in [0.5, 0.6) is 0 Å². The fourth-order valence-electron chi connectivity index (χ4n) is 2.63. The van der Waals surface area contributed by atoms with Crippen molar-refractivity contribution in [3.05, 3.63) is 34.3 Å². The molecule has 3 nitrogen and oxygen atoms in total. The lowest BCUT2D eigenvalue weighted by atomic mass is 9.94. The maximum Gasteiger partial charge on any atom is 0.253 e. The van der Waals surface area contributed by atoms with Gasteiger partial charge < -0.3 is 10.6 Å². The Morgan fingerprint density at radius 1 is 1.50 bits per heavy atom. The summed E-state index contributed by atoms with van der Waals surface area (Å²) < 4.78 is 0. The second-order valence-electron chi connectivity index (χ2n) is 5.30. The Morgan fingerprint density at radius 2 is 2.25 bits per heavy atom. The van der Waals surface area contributed by atoms with Gasteiger partial charge in [-0.15, -0.1) is 12.4 Å². The fourth-order valence-corrected chi connectivity index (χ4v) is 2.81. The molecule has 1 fully saturated rings. The molecule has 112 valence electrons. The van der Waals surface area contributed by atoms with Gasteiger partial charge in [0.05, 0.1) is 0 Å². The van der Waals surface area contributed by atoms with Crippen molar-refractivity contribution in [1.29, 1.82) is 0 Å². The summed E-state index contributed by atoms with van der Waals surface area (Å²) in [6, 6.07) is 5.53. The number of amides is 1. The first-order valence-electron chi connectivity index (χ1n) is 6.87. The molecule has 1 aliphatic heterocycles. The van der Waals surface area contributed by atoms with Gasteiger partial charge in [-0.05, 0) is 56.3 Å². The summed E-state index contributed by atoms with van der Waals surface area (Å²) in [5.74, 6) is 0.632. The molecule has 1 aromatic carbocycles. The molecule has 2 rings (SSSR count). The van der Waals surface area contributed by atoms with Crippen molar-refractivity contribution in [3.63, 3.8) is 0 Å². The maximum atomic E-state index is 12.4. The predicted octanol–water partition coefficient (Wildman–Crippen LogP) is 3.27. The molecule has 20 heavy (non-hydrogen) atoms. The molecule has 1 saturated heterocycles. The number of carbonyl (C=O) groups excluding carboxylic acids is 1. The van der Waals surface area contributed by atoms with Crippen LogP contribution in [0.4, 0.5) is 0 Å². The Bertz CT molecular complexity index is 463. The molecule has 0 bridgehead atoms. The van der Waals surface area contributed by atoms with Crippen LogP contribution >= 0.6 is 24.0 Å². The van der Waals surface area contributed by atoms with E-state index in [2.05, 4.69) is 0 Å². The van der Waals surface area contributed by atoms with E-state index >= 15 is 0 Å². The molecule has 1 atom stereocenters. The molecular formula is C15H22Cl2N2O. The average Bonchev–Trinajstić information content (AvgIpc) is 2.42. The first-order valence-corrected chi connectivity index (χ1v) is 7.25. The number of hydrogen-bond acceptors (Lipinski definition) is 2. The maximum absolute atomic E-state index is 12.4. The molecule has 0 spiro atoms. The number of nitrogens with zero attached hydrogens (tertiary/aromatic N) is 1. The molecule has 1 unspecified atom stereocenters. The zero-order valence-corrected chi connectivity index (χ0v) is 13.3. The van der Waals surface area contributed by atoms with Crippen LogP contribution in [0.2, 0.25) is 5.02 Å². The highest BCUT2D eigenvalue weighted by atomic mass is 35.5. The molecule has 1 heterocycles. The molecule has 5 heteroatoms. The Kier molecular flexibility index (Phi) is 6.80. The molecule has 2 N–H and O–H groups in total. The van der Waals surface area contributed by atoms with Gasteiger partial charge in [0.2, 0.25) is 0 Å². The number of nitrogens with two attached hydrogens (primary N) is 1. The minimum atomic E-state index is 0. The van der Waals surface area contributed by atoms with Gasteiger partial charge >= 0.3 is 0 Å². The Labute approximate surface area is 131 Å². The fraction of sp³-hybridized carbons (Fsp3) is 0.533. The number of benzene rings is 1. The quantitative estimate of drug-likeness (QED) is 0.930. The average molecular weight is 317 g/mol. The van der Waals surface area contributed by atoms with Crippen molar-refractivity contribution >= 4 is 29.9 Å². The number of hydrogen-bond donors (Lipinski definition) is 1. The first kappa shape index (κ1) is 17.3. The predicted molar refractivity (Wildman–Crippen MR) is 85.7 cm³/mol. The molecule has 1 aliphatic rings. The molecule has 0 radical (unpaired) electrons. The molecule has 1 amide bonds. The SMILES string of the molecule is Cc1ccc(C(=O)N2CCCC(CCN)C2)cc1Cl.Cl. The van der Waals surface area contributed by atoms with Crippen molar-refractivity contribution < 1.29 is 4.79 Å². The lowest BCUT2D eigenvalue weighted by Crippen LogP contribution is -2.40. The van der Waals surface area contributed by atoms with E-state index in [1.54, 1.807) is 6.07 Å². The number of rotatable bonds is 3. The Morgan fingerprint density at radius 3 is 2.90 bits per heavy atom. The van der Waals surface area contributed by atoms with Gasteiger partial charge in [-0.25, -0.2) is 0 Å². The molecule has 0 aromatic heterocycles. The summed E-state index contributed by atoms with van der Waals surface area (Å²) in [5, 5.41) is 0.654.